The molecule has 1 fully saturated rings. The fourth-order valence-electron chi connectivity index (χ4n) is 2.09. The standard InChI is InChI=1S/C11H17F3N2O/c1-8(10(17)15-2)9(11(12,13)14)16-6-4-3-5-7-16/h9H,1,3-7H2,2H3,(H,15,17). The molecule has 0 bridgehead atoms. The van der Waals surface area contributed by atoms with Crippen molar-refractivity contribution in [2.24, 2.45) is 0 Å². The molecule has 0 spiro atoms. The summed E-state index contributed by atoms with van der Waals surface area (Å²) >= 11 is 0. The van der Waals surface area contributed by atoms with E-state index in [1.807, 2.05) is 0 Å². The first kappa shape index (κ1) is 14.0. The number of hydrogen-bond donors (Lipinski definition) is 1. The predicted octanol–water partition coefficient (Wildman–Crippen LogP) is 1.71. The fraction of sp³-hybridized carbons (Fsp3) is 0.727. The molecule has 0 saturated carbocycles. The van der Waals surface area contributed by atoms with E-state index in [4.69, 9.17) is 0 Å². The minimum Gasteiger partial charge on any atom is -0.355 e. The van der Waals surface area contributed by atoms with Crippen LogP contribution in [0, 0.1) is 0 Å². The van der Waals surface area contributed by atoms with Crippen molar-refractivity contribution in [3.63, 3.8) is 0 Å². The van der Waals surface area contributed by atoms with Crippen LogP contribution in [0.15, 0.2) is 12.2 Å². The zero-order chi connectivity index (χ0) is 13.1. The number of likely N-dealkylation sites (tertiary alicyclic amines) is 1. The third-order valence-electron chi connectivity index (χ3n) is 2.91. The molecular formula is C11H17F3N2O. The molecule has 1 amide bonds. The van der Waals surface area contributed by atoms with Crippen molar-refractivity contribution in [3.8, 4) is 0 Å². The van der Waals surface area contributed by atoms with Crippen LogP contribution in [-0.2, 0) is 4.79 Å². The maximum Gasteiger partial charge on any atom is 0.408 e. The monoisotopic (exact) mass is 250 g/mol. The highest BCUT2D eigenvalue weighted by Gasteiger charge is 2.47. The van der Waals surface area contributed by atoms with Gasteiger partial charge in [0.25, 0.3) is 0 Å². The molecule has 0 aromatic carbocycles. The molecule has 1 N–H and O–H groups in total. The zero-order valence-corrected chi connectivity index (χ0v) is 9.81. The van der Waals surface area contributed by atoms with Gasteiger partial charge in [0.05, 0.1) is 0 Å². The van der Waals surface area contributed by atoms with E-state index in [2.05, 4.69) is 11.9 Å². The van der Waals surface area contributed by atoms with Gasteiger partial charge in [-0.15, -0.1) is 0 Å². The zero-order valence-electron chi connectivity index (χ0n) is 9.81. The lowest BCUT2D eigenvalue weighted by atomic mass is 10.0. The van der Waals surface area contributed by atoms with Gasteiger partial charge in [0, 0.05) is 12.6 Å². The minimum atomic E-state index is -4.46. The summed E-state index contributed by atoms with van der Waals surface area (Å²) in [4.78, 5) is 12.6. The number of nitrogens with zero attached hydrogens (tertiary/aromatic N) is 1. The summed E-state index contributed by atoms with van der Waals surface area (Å²) in [5.41, 5.74) is -0.429. The van der Waals surface area contributed by atoms with Crippen LogP contribution in [0.5, 0.6) is 0 Å². The Morgan fingerprint density at radius 2 is 1.82 bits per heavy atom. The van der Waals surface area contributed by atoms with Crippen molar-refractivity contribution in [2.75, 3.05) is 20.1 Å². The molecule has 1 aliphatic rings. The first-order valence-electron chi connectivity index (χ1n) is 5.59. The van der Waals surface area contributed by atoms with Crippen LogP contribution in [0.25, 0.3) is 0 Å². The Balaban J connectivity index is 2.87. The third-order valence-corrected chi connectivity index (χ3v) is 2.91. The van der Waals surface area contributed by atoms with Gasteiger partial charge < -0.3 is 5.32 Å². The number of hydrogen-bond acceptors (Lipinski definition) is 2. The Morgan fingerprint density at radius 1 is 1.29 bits per heavy atom. The van der Waals surface area contributed by atoms with E-state index in [9.17, 15) is 18.0 Å². The van der Waals surface area contributed by atoms with E-state index in [1.54, 1.807) is 0 Å². The number of nitrogens with one attached hydrogen (secondary N) is 1. The Labute approximate surface area is 98.7 Å². The van der Waals surface area contributed by atoms with Crippen LogP contribution in [0.2, 0.25) is 0 Å². The van der Waals surface area contributed by atoms with Crippen LogP contribution in [-0.4, -0.2) is 43.2 Å². The molecule has 1 aliphatic heterocycles. The maximum atomic E-state index is 13.0. The normalized spacial score (nSPS) is 19.8. The highest BCUT2D eigenvalue weighted by Crippen LogP contribution is 2.31. The average molecular weight is 250 g/mol. The molecule has 1 rings (SSSR count). The van der Waals surface area contributed by atoms with Crippen molar-refractivity contribution >= 4 is 5.91 Å². The highest BCUT2D eigenvalue weighted by molar-refractivity contribution is 5.93. The van der Waals surface area contributed by atoms with E-state index in [0.717, 1.165) is 19.3 Å². The molecule has 1 unspecified atom stereocenters. The van der Waals surface area contributed by atoms with Crippen molar-refractivity contribution < 1.29 is 18.0 Å². The summed E-state index contributed by atoms with van der Waals surface area (Å²) in [7, 11) is 1.30. The number of likely N-dealkylation sites (N-methyl/N-ethyl adjacent to an activating group) is 1. The summed E-state index contributed by atoms with van der Waals surface area (Å²) in [6.07, 6.45) is -2.06. The van der Waals surface area contributed by atoms with E-state index < -0.39 is 23.7 Å². The van der Waals surface area contributed by atoms with Crippen molar-refractivity contribution in [2.45, 2.75) is 31.5 Å². The molecule has 17 heavy (non-hydrogen) atoms. The fourth-order valence-corrected chi connectivity index (χ4v) is 2.09. The van der Waals surface area contributed by atoms with Gasteiger partial charge in [0.15, 0.2) is 0 Å². The molecule has 1 atom stereocenters. The second-order valence-electron chi connectivity index (χ2n) is 4.15. The quantitative estimate of drug-likeness (QED) is 0.773. The highest BCUT2D eigenvalue weighted by atomic mass is 19.4. The lowest BCUT2D eigenvalue weighted by molar-refractivity contribution is -0.177. The summed E-state index contributed by atoms with van der Waals surface area (Å²) in [6.45, 7) is 4.02. The van der Waals surface area contributed by atoms with Crippen LogP contribution in [0.4, 0.5) is 13.2 Å². The average Bonchev–Trinajstić information content (AvgIpc) is 2.27. The van der Waals surface area contributed by atoms with Gasteiger partial charge in [-0.3, -0.25) is 9.69 Å². The van der Waals surface area contributed by atoms with Crippen LogP contribution < -0.4 is 5.32 Å². The Hall–Kier alpha value is -1.04. The van der Waals surface area contributed by atoms with Crippen LogP contribution >= 0.6 is 0 Å². The number of halogens is 3. The maximum absolute atomic E-state index is 13.0. The predicted molar refractivity (Wildman–Crippen MR) is 58.5 cm³/mol. The van der Waals surface area contributed by atoms with Gasteiger partial charge in [-0.05, 0) is 25.9 Å². The molecule has 98 valence electrons. The van der Waals surface area contributed by atoms with Gasteiger partial charge in [0.1, 0.15) is 6.04 Å². The van der Waals surface area contributed by atoms with Gasteiger partial charge in [0.2, 0.25) is 5.91 Å². The molecule has 0 aliphatic carbocycles. The van der Waals surface area contributed by atoms with Crippen molar-refractivity contribution in [3.05, 3.63) is 12.2 Å². The summed E-state index contributed by atoms with van der Waals surface area (Å²) in [5, 5.41) is 2.19. The summed E-state index contributed by atoms with van der Waals surface area (Å²) in [6, 6.07) is -1.86. The number of carbonyl (C=O) groups is 1. The van der Waals surface area contributed by atoms with E-state index in [0.29, 0.717) is 13.1 Å². The van der Waals surface area contributed by atoms with E-state index in [-0.39, 0.29) is 0 Å². The van der Waals surface area contributed by atoms with Gasteiger partial charge in [-0.2, -0.15) is 13.2 Å². The van der Waals surface area contributed by atoms with E-state index >= 15 is 0 Å². The summed E-state index contributed by atoms with van der Waals surface area (Å²) in [5.74, 6) is -0.752. The Morgan fingerprint density at radius 3 is 2.24 bits per heavy atom. The smallest absolute Gasteiger partial charge is 0.355 e. The molecular weight excluding hydrogens is 233 g/mol. The Bertz CT molecular complexity index is 296. The number of rotatable bonds is 3. The lowest BCUT2D eigenvalue weighted by Gasteiger charge is -2.36. The third kappa shape index (κ3) is 3.46. The second kappa shape index (κ2) is 5.53. The molecule has 0 aromatic heterocycles. The molecule has 1 heterocycles. The lowest BCUT2D eigenvalue weighted by Crippen LogP contribution is -2.51. The van der Waals surface area contributed by atoms with Crippen molar-refractivity contribution in [1.82, 2.24) is 10.2 Å². The first-order valence-corrected chi connectivity index (χ1v) is 5.59. The number of amides is 1. The number of carbonyl (C=O) groups excluding carboxylic acids is 1. The SMILES string of the molecule is C=C(C(=O)NC)C(N1CCCCC1)C(F)(F)F. The van der Waals surface area contributed by atoms with Gasteiger partial charge in [-0.1, -0.05) is 13.0 Å². The molecule has 0 radical (unpaired) electrons. The molecule has 1 saturated heterocycles. The molecule has 0 aromatic rings. The largest absolute Gasteiger partial charge is 0.408 e. The summed E-state index contributed by atoms with van der Waals surface area (Å²) < 4.78 is 38.9. The second-order valence-corrected chi connectivity index (χ2v) is 4.15. The molecule has 6 heteroatoms. The van der Waals surface area contributed by atoms with Crippen LogP contribution in [0.1, 0.15) is 19.3 Å². The molecule has 3 nitrogen and oxygen atoms in total. The Kier molecular flexibility index (Phi) is 4.56. The minimum absolute atomic E-state index is 0.361. The topological polar surface area (TPSA) is 32.3 Å². The van der Waals surface area contributed by atoms with Crippen LogP contribution in [0.3, 0.4) is 0 Å². The van der Waals surface area contributed by atoms with Crippen molar-refractivity contribution in [1.29, 1.82) is 0 Å². The van der Waals surface area contributed by atoms with Gasteiger partial charge in [-0.25, -0.2) is 0 Å². The van der Waals surface area contributed by atoms with Gasteiger partial charge >= 0.3 is 6.18 Å². The number of piperidine rings is 1. The van der Waals surface area contributed by atoms with E-state index in [1.165, 1.54) is 11.9 Å². The number of alkyl halides is 3. The first-order chi connectivity index (χ1) is 7.88.